The summed E-state index contributed by atoms with van der Waals surface area (Å²) in [4.78, 5) is 29.9. The predicted molar refractivity (Wildman–Crippen MR) is 149 cm³/mol. The summed E-state index contributed by atoms with van der Waals surface area (Å²) in [5.41, 5.74) is -4.34. The maximum absolute atomic E-state index is 13.7. The van der Waals surface area contributed by atoms with Crippen LogP contribution in [0.25, 0.3) is 0 Å². The van der Waals surface area contributed by atoms with Crippen LogP contribution >= 0.6 is 11.3 Å². The summed E-state index contributed by atoms with van der Waals surface area (Å²) in [6.07, 6.45) is -16.0. The van der Waals surface area contributed by atoms with Crippen LogP contribution < -0.4 is 10.2 Å². The number of amides is 1. The number of ether oxygens (including phenoxy) is 1. The molecule has 2 aromatic carbocycles. The van der Waals surface area contributed by atoms with Crippen molar-refractivity contribution in [3.05, 3.63) is 74.8 Å². The number of aromatic nitrogens is 1. The van der Waals surface area contributed by atoms with Gasteiger partial charge in [0.2, 0.25) is 0 Å². The van der Waals surface area contributed by atoms with Crippen molar-refractivity contribution in [3.63, 3.8) is 0 Å². The average Bonchev–Trinajstić information content (AvgIpc) is 3.37. The number of benzene rings is 2. The van der Waals surface area contributed by atoms with Gasteiger partial charge in [0, 0.05) is 6.04 Å². The van der Waals surface area contributed by atoms with E-state index in [0.717, 1.165) is 18.2 Å². The third kappa shape index (κ3) is 7.67. The molecule has 1 aliphatic heterocycles. The van der Waals surface area contributed by atoms with Crippen molar-refractivity contribution in [2.45, 2.75) is 70.1 Å². The number of anilines is 2. The summed E-state index contributed by atoms with van der Waals surface area (Å²) < 4.78 is 126. The van der Waals surface area contributed by atoms with Gasteiger partial charge in [0.05, 0.1) is 40.7 Å². The lowest BCUT2D eigenvalue weighted by Crippen LogP contribution is -2.46. The van der Waals surface area contributed by atoms with Crippen molar-refractivity contribution in [2.75, 3.05) is 16.8 Å². The lowest BCUT2D eigenvalue weighted by Gasteiger charge is -2.40. The number of carbonyl (C=O) groups is 2. The maximum atomic E-state index is 13.7. The minimum Gasteiger partial charge on any atom is -0.477 e. The number of thiazole rings is 1. The molecule has 0 saturated heterocycles. The molecule has 17 heteroatoms. The number of alkyl halides is 9. The Kier molecular flexibility index (Phi) is 9.85. The molecular formula is C29H26F9N3O4S. The zero-order valence-corrected chi connectivity index (χ0v) is 24.8. The smallest absolute Gasteiger partial charge is 0.416 e. The van der Waals surface area contributed by atoms with Gasteiger partial charge < -0.3 is 15.2 Å². The minimum atomic E-state index is -5.07. The first-order valence-electron chi connectivity index (χ1n) is 13.8. The molecule has 0 saturated carbocycles. The fourth-order valence-corrected chi connectivity index (χ4v) is 6.09. The van der Waals surface area contributed by atoms with Gasteiger partial charge in [0.25, 0.3) is 0 Å². The van der Waals surface area contributed by atoms with E-state index < -0.39 is 65.8 Å². The van der Waals surface area contributed by atoms with Crippen LogP contribution in [0.5, 0.6) is 0 Å². The van der Waals surface area contributed by atoms with E-state index >= 15 is 0 Å². The van der Waals surface area contributed by atoms with Crippen LogP contribution in [0.3, 0.4) is 0 Å². The van der Waals surface area contributed by atoms with Crippen molar-refractivity contribution in [3.8, 4) is 0 Å². The minimum absolute atomic E-state index is 0.0152. The number of carbonyl (C=O) groups excluding carboxylic acids is 1. The van der Waals surface area contributed by atoms with Gasteiger partial charge >= 0.3 is 30.6 Å². The first kappa shape index (κ1) is 34.8. The van der Waals surface area contributed by atoms with Crippen molar-refractivity contribution in [2.24, 2.45) is 0 Å². The first-order valence-corrected chi connectivity index (χ1v) is 14.6. The third-order valence-corrected chi connectivity index (χ3v) is 8.30. The summed E-state index contributed by atoms with van der Waals surface area (Å²) in [5, 5.41) is 12.6. The molecule has 0 fully saturated rings. The van der Waals surface area contributed by atoms with Gasteiger partial charge in [-0.3, -0.25) is 4.90 Å². The van der Waals surface area contributed by atoms with E-state index in [1.54, 1.807) is 13.8 Å². The molecule has 1 aliphatic rings. The van der Waals surface area contributed by atoms with Crippen LogP contribution in [0.15, 0.2) is 36.4 Å². The quantitative estimate of drug-likeness (QED) is 0.231. The molecule has 2 N–H and O–H groups in total. The lowest BCUT2D eigenvalue weighted by molar-refractivity contribution is -0.143. The summed E-state index contributed by atoms with van der Waals surface area (Å²) in [5.74, 6) is -1.47. The molecule has 0 bridgehead atoms. The number of hydrogen-bond donors (Lipinski definition) is 2. The molecule has 0 spiro atoms. The number of aryl methyl sites for hydroxylation is 2. The normalized spacial score (nSPS) is 17.1. The number of nitrogens with zero attached hydrogens (tertiary/aromatic N) is 2. The fraction of sp³-hybridized carbons (Fsp3) is 0.414. The average molecular weight is 684 g/mol. The summed E-state index contributed by atoms with van der Waals surface area (Å²) >= 11 is 0.610. The van der Waals surface area contributed by atoms with Crippen molar-refractivity contribution < 1.29 is 58.9 Å². The highest BCUT2D eigenvalue weighted by Crippen LogP contribution is 2.44. The number of nitrogens with one attached hydrogen (secondary N) is 1. The Morgan fingerprint density at radius 1 is 0.935 bits per heavy atom. The third-order valence-electron chi connectivity index (χ3n) is 7.29. The molecule has 1 aromatic heterocycles. The number of carboxylic acids is 1. The summed E-state index contributed by atoms with van der Waals surface area (Å²) in [7, 11) is 0. The Morgan fingerprint density at radius 3 is 2.07 bits per heavy atom. The molecule has 0 radical (unpaired) electrons. The van der Waals surface area contributed by atoms with Gasteiger partial charge in [0.15, 0.2) is 5.13 Å². The standard InChI is InChI=1S/C29H26F9N3O4S/c1-3-18-13-21(19-12-15(27(30,31)32)6-8-22(19)41(18)26(44)45-4-2)40-25-39-20(23(46-25)24(42)43)7-5-14-9-16(28(33,34)35)11-17(10-14)29(36,37)38/h6,8-12,18,21H,3-5,7,13H2,1-2H3,(H,39,40)(H,42,43)/t18-,21+/m1/s1. The molecule has 3 aromatic rings. The van der Waals surface area contributed by atoms with Crippen LogP contribution in [0.4, 0.5) is 55.1 Å². The molecular weight excluding hydrogens is 657 g/mol. The molecule has 0 unspecified atom stereocenters. The van der Waals surface area contributed by atoms with Crippen LogP contribution in [-0.2, 0) is 36.1 Å². The molecule has 4 rings (SSSR count). The zero-order valence-electron chi connectivity index (χ0n) is 24.0. The number of rotatable bonds is 8. The predicted octanol–water partition coefficient (Wildman–Crippen LogP) is 8.98. The highest BCUT2D eigenvalue weighted by molar-refractivity contribution is 7.17. The van der Waals surface area contributed by atoms with Crippen LogP contribution in [0.2, 0.25) is 0 Å². The number of carboxylic acid groups (broad SMARTS) is 1. The Bertz CT molecular complexity index is 1570. The second-order valence-electron chi connectivity index (χ2n) is 10.3. The van der Waals surface area contributed by atoms with E-state index in [9.17, 15) is 54.2 Å². The number of hydrogen-bond acceptors (Lipinski definition) is 6. The summed E-state index contributed by atoms with van der Waals surface area (Å²) in [6.45, 7) is 3.34. The molecule has 0 aliphatic carbocycles. The second-order valence-corrected chi connectivity index (χ2v) is 11.3. The monoisotopic (exact) mass is 683 g/mol. The summed E-state index contributed by atoms with van der Waals surface area (Å²) in [6, 6.07) is 2.46. The molecule has 250 valence electrons. The lowest BCUT2D eigenvalue weighted by atomic mass is 9.89. The zero-order chi connectivity index (χ0) is 34.2. The van der Waals surface area contributed by atoms with E-state index in [1.165, 1.54) is 4.90 Å². The van der Waals surface area contributed by atoms with Gasteiger partial charge in [-0.2, -0.15) is 39.5 Å². The fourth-order valence-electron chi connectivity index (χ4n) is 5.18. The Morgan fingerprint density at radius 2 is 1.54 bits per heavy atom. The van der Waals surface area contributed by atoms with E-state index in [0.29, 0.717) is 29.9 Å². The molecule has 46 heavy (non-hydrogen) atoms. The van der Waals surface area contributed by atoms with Gasteiger partial charge in [-0.15, -0.1) is 0 Å². The number of aromatic carboxylic acids is 1. The number of fused-ring (bicyclic) bond motifs is 1. The Labute approximate surface area is 260 Å². The SMILES string of the molecule is CCOC(=O)N1c2ccc(C(F)(F)F)cc2[C@@H](Nc2nc(CCc3cc(C(F)(F)F)cc(C(F)(F)F)c3)c(C(=O)O)s2)C[C@H]1CC. The second kappa shape index (κ2) is 13.0. The van der Waals surface area contributed by atoms with Crippen LogP contribution in [-0.4, -0.2) is 34.8 Å². The highest BCUT2D eigenvalue weighted by atomic mass is 32.1. The van der Waals surface area contributed by atoms with E-state index in [2.05, 4.69) is 10.3 Å². The van der Waals surface area contributed by atoms with Gasteiger partial charge in [-0.25, -0.2) is 14.6 Å². The molecule has 2 atom stereocenters. The van der Waals surface area contributed by atoms with E-state index in [-0.39, 0.29) is 58.0 Å². The van der Waals surface area contributed by atoms with Crippen molar-refractivity contribution >= 4 is 34.2 Å². The van der Waals surface area contributed by atoms with E-state index in [4.69, 9.17) is 4.74 Å². The Balaban J connectivity index is 1.69. The molecule has 2 heterocycles. The van der Waals surface area contributed by atoms with Crippen molar-refractivity contribution in [1.82, 2.24) is 4.98 Å². The van der Waals surface area contributed by atoms with Crippen molar-refractivity contribution in [1.29, 1.82) is 0 Å². The first-order chi connectivity index (χ1) is 21.3. The van der Waals surface area contributed by atoms with Gasteiger partial charge in [-0.05, 0) is 80.1 Å². The number of halogens is 9. The molecule has 1 amide bonds. The topological polar surface area (TPSA) is 91.8 Å². The highest BCUT2D eigenvalue weighted by Gasteiger charge is 2.40. The van der Waals surface area contributed by atoms with Gasteiger partial charge in [-0.1, -0.05) is 18.3 Å². The van der Waals surface area contributed by atoms with E-state index in [1.807, 2.05) is 0 Å². The Hall–Kier alpha value is -4.02. The van der Waals surface area contributed by atoms with Crippen LogP contribution in [0, 0.1) is 0 Å². The molecule has 7 nitrogen and oxygen atoms in total. The van der Waals surface area contributed by atoms with Gasteiger partial charge in [0.1, 0.15) is 4.88 Å². The largest absolute Gasteiger partial charge is 0.477 e. The van der Waals surface area contributed by atoms with Crippen LogP contribution in [0.1, 0.15) is 75.9 Å². The maximum Gasteiger partial charge on any atom is 0.416 e.